The zero-order valence-electron chi connectivity index (χ0n) is 8.47. The molecule has 0 fully saturated rings. The minimum absolute atomic E-state index is 0.494. The van der Waals surface area contributed by atoms with Crippen molar-refractivity contribution in [2.45, 2.75) is 0 Å². The number of hydrogen-bond donors (Lipinski definition) is 0. The summed E-state index contributed by atoms with van der Waals surface area (Å²) in [4.78, 5) is 0. The predicted molar refractivity (Wildman–Crippen MR) is 65.0 cm³/mol. The van der Waals surface area contributed by atoms with E-state index in [2.05, 4.69) is 43.1 Å². The predicted octanol–water partition coefficient (Wildman–Crippen LogP) is 3.40. The van der Waals surface area contributed by atoms with Gasteiger partial charge >= 0.3 is 0 Å². The molecule has 0 aliphatic carbocycles. The highest BCUT2D eigenvalue weighted by Gasteiger charge is 2.21. The fourth-order valence-electron chi connectivity index (χ4n) is 1.94. The quantitative estimate of drug-likeness (QED) is 0.611. The molecule has 74 valence electrons. The van der Waals surface area contributed by atoms with Crippen molar-refractivity contribution in [3.8, 4) is 16.9 Å². The minimum atomic E-state index is -0.494. The summed E-state index contributed by atoms with van der Waals surface area (Å²) in [6.07, 6.45) is 0. The lowest BCUT2D eigenvalue weighted by Crippen LogP contribution is -2.12. The highest BCUT2D eigenvalue weighted by Crippen LogP contribution is 2.45. The molecule has 1 aliphatic heterocycles. The number of benzene rings is 2. The average Bonchev–Trinajstić information content (AvgIpc) is 2.30. The summed E-state index contributed by atoms with van der Waals surface area (Å²) < 4.78 is 5.92. The number of para-hydroxylation sites is 1. The fraction of sp³-hybridized carbons (Fsp3) is 0.0769. The Bertz CT molecular complexity index is 507. The minimum Gasteiger partial charge on any atom is -0.469 e. The van der Waals surface area contributed by atoms with Gasteiger partial charge in [0.2, 0.25) is 0 Å². The van der Waals surface area contributed by atoms with Gasteiger partial charge in [0.25, 0.3) is 0 Å². The molecule has 0 saturated carbocycles. The van der Waals surface area contributed by atoms with Crippen LogP contribution in [0.25, 0.3) is 11.1 Å². The van der Waals surface area contributed by atoms with Crippen LogP contribution in [0.2, 0.25) is 0 Å². The molecule has 0 radical (unpaired) electrons. The summed E-state index contributed by atoms with van der Waals surface area (Å²) in [5.74, 6) is 1.02. The van der Waals surface area contributed by atoms with E-state index in [0.29, 0.717) is 0 Å². The third kappa shape index (κ3) is 1.35. The Balaban J connectivity index is 2.30. The van der Waals surface area contributed by atoms with Crippen molar-refractivity contribution in [2.24, 2.45) is 0 Å². The standard InChI is InChI=1S/C13H11OP/c1-15-13-9-5-3-7-11(13)10-6-2-4-8-12(10)14-15/h2-9H,1H3/t15-/m0/s1. The van der Waals surface area contributed by atoms with Crippen molar-refractivity contribution in [3.63, 3.8) is 0 Å². The molecular formula is C13H11OP. The van der Waals surface area contributed by atoms with Crippen LogP contribution in [0.3, 0.4) is 0 Å². The zero-order valence-corrected chi connectivity index (χ0v) is 9.37. The maximum absolute atomic E-state index is 5.92. The van der Waals surface area contributed by atoms with Crippen LogP contribution in [-0.2, 0) is 0 Å². The molecule has 3 rings (SSSR count). The normalized spacial score (nSPS) is 17.5. The Morgan fingerprint density at radius 1 is 0.867 bits per heavy atom. The molecule has 1 nitrogen and oxygen atoms in total. The molecule has 15 heavy (non-hydrogen) atoms. The third-order valence-corrected chi connectivity index (χ3v) is 4.19. The van der Waals surface area contributed by atoms with E-state index in [1.165, 1.54) is 16.4 Å². The number of rotatable bonds is 0. The van der Waals surface area contributed by atoms with Crippen molar-refractivity contribution < 1.29 is 4.52 Å². The van der Waals surface area contributed by atoms with Crippen LogP contribution in [-0.4, -0.2) is 6.66 Å². The van der Waals surface area contributed by atoms with Gasteiger partial charge in [-0.25, -0.2) is 0 Å². The van der Waals surface area contributed by atoms with Gasteiger partial charge < -0.3 is 4.52 Å². The molecule has 0 saturated heterocycles. The summed E-state index contributed by atoms with van der Waals surface area (Å²) in [6.45, 7) is 2.16. The van der Waals surface area contributed by atoms with E-state index in [-0.39, 0.29) is 0 Å². The van der Waals surface area contributed by atoms with E-state index in [4.69, 9.17) is 4.52 Å². The smallest absolute Gasteiger partial charge is 0.131 e. The third-order valence-electron chi connectivity index (χ3n) is 2.66. The highest BCUT2D eigenvalue weighted by molar-refractivity contribution is 7.61. The average molecular weight is 214 g/mol. The number of hydrogen-bond acceptors (Lipinski definition) is 1. The summed E-state index contributed by atoms with van der Waals surface area (Å²) >= 11 is 0. The first-order valence-electron chi connectivity index (χ1n) is 4.96. The molecule has 1 heterocycles. The van der Waals surface area contributed by atoms with Crippen molar-refractivity contribution in [3.05, 3.63) is 48.5 Å². The first kappa shape index (κ1) is 8.94. The van der Waals surface area contributed by atoms with Crippen LogP contribution in [0.4, 0.5) is 0 Å². The summed E-state index contributed by atoms with van der Waals surface area (Å²) in [7, 11) is -0.494. The van der Waals surface area contributed by atoms with Gasteiger partial charge in [-0.1, -0.05) is 42.5 Å². The second-order valence-electron chi connectivity index (χ2n) is 3.60. The highest BCUT2D eigenvalue weighted by atomic mass is 31.1. The van der Waals surface area contributed by atoms with Gasteiger partial charge in [-0.15, -0.1) is 0 Å². The molecule has 0 unspecified atom stereocenters. The lowest BCUT2D eigenvalue weighted by molar-refractivity contribution is 0.626. The Morgan fingerprint density at radius 3 is 2.40 bits per heavy atom. The van der Waals surface area contributed by atoms with Gasteiger partial charge in [0.15, 0.2) is 0 Å². The second kappa shape index (κ2) is 3.36. The van der Waals surface area contributed by atoms with E-state index in [0.717, 1.165) is 5.75 Å². The Labute approximate surface area is 90.5 Å². The second-order valence-corrected chi connectivity index (χ2v) is 5.26. The van der Waals surface area contributed by atoms with E-state index in [9.17, 15) is 0 Å². The van der Waals surface area contributed by atoms with Gasteiger partial charge in [-0.05, 0) is 18.3 Å². The molecule has 0 N–H and O–H groups in total. The topological polar surface area (TPSA) is 9.23 Å². The summed E-state index contributed by atoms with van der Waals surface area (Å²) in [5.41, 5.74) is 2.54. The Kier molecular flexibility index (Phi) is 2.00. The number of fused-ring (bicyclic) bond motifs is 3. The van der Waals surface area contributed by atoms with Crippen LogP contribution in [0.1, 0.15) is 0 Å². The summed E-state index contributed by atoms with van der Waals surface area (Å²) in [5, 5.41) is 1.34. The lowest BCUT2D eigenvalue weighted by atomic mass is 10.0. The van der Waals surface area contributed by atoms with Gasteiger partial charge in [0.1, 0.15) is 13.9 Å². The van der Waals surface area contributed by atoms with Crippen molar-refractivity contribution in [1.82, 2.24) is 0 Å². The van der Waals surface area contributed by atoms with Crippen LogP contribution in [0.5, 0.6) is 5.75 Å². The maximum Gasteiger partial charge on any atom is 0.131 e. The molecule has 0 aromatic heterocycles. The van der Waals surface area contributed by atoms with E-state index in [1.807, 2.05) is 12.1 Å². The maximum atomic E-state index is 5.92. The fourth-order valence-corrected chi connectivity index (χ4v) is 3.32. The first-order valence-corrected chi connectivity index (χ1v) is 6.67. The van der Waals surface area contributed by atoms with Gasteiger partial charge in [-0.3, -0.25) is 0 Å². The molecule has 2 aromatic carbocycles. The molecule has 1 aliphatic rings. The molecule has 0 spiro atoms. The van der Waals surface area contributed by atoms with Crippen LogP contribution >= 0.6 is 8.15 Å². The molecule has 0 bridgehead atoms. The van der Waals surface area contributed by atoms with Crippen LogP contribution < -0.4 is 9.83 Å². The van der Waals surface area contributed by atoms with Crippen molar-refractivity contribution in [1.29, 1.82) is 0 Å². The van der Waals surface area contributed by atoms with Crippen molar-refractivity contribution >= 4 is 13.5 Å². The monoisotopic (exact) mass is 214 g/mol. The van der Waals surface area contributed by atoms with E-state index in [1.54, 1.807) is 0 Å². The molecule has 1 atom stereocenters. The summed E-state index contributed by atoms with van der Waals surface area (Å²) in [6, 6.07) is 16.8. The molecule has 2 heteroatoms. The van der Waals surface area contributed by atoms with E-state index >= 15 is 0 Å². The molecule has 0 amide bonds. The lowest BCUT2D eigenvalue weighted by Gasteiger charge is -2.25. The first-order chi connectivity index (χ1) is 7.36. The Morgan fingerprint density at radius 2 is 1.53 bits per heavy atom. The SMILES string of the molecule is C[P@]1Oc2ccccc2-c2ccccc21. The van der Waals surface area contributed by atoms with Gasteiger partial charge in [0, 0.05) is 10.9 Å². The van der Waals surface area contributed by atoms with Gasteiger partial charge in [0.05, 0.1) is 0 Å². The zero-order chi connectivity index (χ0) is 10.3. The van der Waals surface area contributed by atoms with E-state index < -0.39 is 8.15 Å². The van der Waals surface area contributed by atoms with Crippen LogP contribution in [0, 0.1) is 0 Å². The van der Waals surface area contributed by atoms with Gasteiger partial charge in [-0.2, -0.15) is 0 Å². The molecule has 2 aromatic rings. The Hall–Kier alpha value is -1.33. The largest absolute Gasteiger partial charge is 0.469 e. The van der Waals surface area contributed by atoms with Crippen molar-refractivity contribution in [2.75, 3.05) is 6.66 Å². The molecular weight excluding hydrogens is 203 g/mol. The van der Waals surface area contributed by atoms with Crippen LogP contribution in [0.15, 0.2) is 48.5 Å².